The average Bonchev–Trinajstić information content (AvgIpc) is 2.79. The largest absolute Gasteiger partial charge is 0.295 e. The Labute approximate surface area is 184 Å². The smallest absolute Gasteiger partial charge is 0.261 e. The molecule has 1 unspecified atom stereocenters. The lowest BCUT2D eigenvalue weighted by Gasteiger charge is -2.31. The lowest BCUT2D eigenvalue weighted by atomic mass is 10.1. The number of aromatic nitrogens is 2. The maximum Gasteiger partial charge on any atom is 0.261 e. The molecular formula is C24H31N3O3S. The van der Waals surface area contributed by atoms with E-state index in [0.717, 1.165) is 19.3 Å². The first-order valence-electron chi connectivity index (χ1n) is 11.0. The van der Waals surface area contributed by atoms with Crippen LogP contribution in [0.25, 0.3) is 10.9 Å². The summed E-state index contributed by atoms with van der Waals surface area (Å²) in [4.78, 5) is 18.3. The molecule has 0 saturated heterocycles. The van der Waals surface area contributed by atoms with E-state index in [1.165, 1.54) is 4.31 Å². The molecule has 0 radical (unpaired) electrons. The maximum absolute atomic E-state index is 13.6. The van der Waals surface area contributed by atoms with Gasteiger partial charge in [0.1, 0.15) is 5.82 Å². The second-order valence-electron chi connectivity index (χ2n) is 7.65. The van der Waals surface area contributed by atoms with Gasteiger partial charge in [-0.1, -0.05) is 57.5 Å². The molecule has 3 aromatic rings. The quantitative estimate of drug-likeness (QED) is 0.455. The summed E-state index contributed by atoms with van der Waals surface area (Å²) in [6.07, 6.45) is 2.87. The molecule has 0 amide bonds. The van der Waals surface area contributed by atoms with Gasteiger partial charge in [0.15, 0.2) is 0 Å². The van der Waals surface area contributed by atoms with Crippen molar-refractivity contribution in [3.63, 3.8) is 0 Å². The molecule has 1 aromatic heterocycles. The monoisotopic (exact) mass is 441 g/mol. The van der Waals surface area contributed by atoms with Crippen molar-refractivity contribution in [1.29, 1.82) is 0 Å². The zero-order valence-electron chi connectivity index (χ0n) is 18.5. The van der Waals surface area contributed by atoms with Crippen LogP contribution in [-0.2, 0) is 16.6 Å². The van der Waals surface area contributed by atoms with Crippen molar-refractivity contribution in [3.05, 3.63) is 70.8 Å². The fraction of sp³-hybridized carbons (Fsp3) is 0.417. The molecule has 166 valence electrons. The second-order valence-corrected chi connectivity index (χ2v) is 9.54. The van der Waals surface area contributed by atoms with Crippen LogP contribution < -0.4 is 5.56 Å². The van der Waals surface area contributed by atoms with Crippen molar-refractivity contribution in [2.45, 2.75) is 63.9 Å². The van der Waals surface area contributed by atoms with Gasteiger partial charge in [-0.15, -0.1) is 0 Å². The zero-order chi connectivity index (χ0) is 22.4. The van der Waals surface area contributed by atoms with Crippen LogP contribution in [0.15, 0.2) is 64.3 Å². The third-order valence-electron chi connectivity index (χ3n) is 5.45. The maximum atomic E-state index is 13.6. The topological polar surface area (TPSA) is 72.3 Å². The molecule has 6 nitrogen and oxygen atoms in total. The summed E-state index contributed by atoms with van der Waals surface area (Å²) < 4.78 is 30.5. The molecular weight excluding hydrogens is 410 g/mol. The van der Waals surface area contributed by atoms with Crippen LogP contribution in [0.1, 0.15) is 58.3 Å². The molecule has 0 aliphatic heterocycles. The molecule has 2 aromatic carbocycles. The number of nitrogens with zero attached hydrogens (tertiary/aromatic N) is 3. The number of hydrogen-bond donors (Lipinski definition) is 0. The Morgan fingerprint density at radius 3 is 2.29 bits per heavy atom. The molecule has 0 saturated carbocycles. The van der Waals surface area contributed by atoms with Crippen molar-refractivity contribution >= 4 is 20.9 Å². The van der Waals surface area contributed by atoms with E-state index in [1.54, 1.807) is 41.0 Å². The highest BCUT2D eigenvalue weighted by Gasteiger charge is 2.34. The molecule has 0 N–H and O–H groups in total. The summed E-state index contributed by atoms with van der Waals surface area (Å²) in [5, 5.41) is 0.556. The summed E-state index contributed by atoms with van der Waals surface area (Å²) in [6.45, 7) is 6.86. The summed E-state index contributed by atoms with van der Waals surface area (Å²) in [6, 6.07) is 15.2. The minimum atomic E-state index is -3.75. The molecule has 3 rings (SSSR count). The van der Waals surface area contributed by atoms with E-state index in [0.29, 0.717) is 36.2 Å². The number of rotatable bonds is 10. The number of para-hydroxylation sites is 1. The van der Waals surface area contributed by atoms with Gasteiger partial charge in [0.2, 0.25) is 10.0 Å². The van der Waals surface area contributed by atoms with Gasteiger partial charge in [0.05, 0.1) is 21.8 Å². The Bertz CT molecular complexity index is 1170. The summed E-state index contributed by atoms with van der Waals surface area (Å²) in [5.41, 5.74) is 0.481. The van der Waals surface area contributed by atoms with Gasteiger partial charge in [-0.05, 0) is 43.5 Å². The molecule has 0 bridgehead atoms. The summed E-state index contributed by atoms with van der Waals surface area (Å²) in [5.74, 6) is 0.517. The summed E-state index contributed by atoms with van der Waals surface area (Å²) >= 11 is 0. The highest BCUT2D eigenvalue weighted by atomic mass is 32.2. The van der Waals surface area contributed by atoms with Crippen LogP contribution in [-0.4, -0.2) is 28.8 Å². The van der Waals surface area contributed by atoms with Crippen LogP contribution >= 0.6 is 0 Å². The zero-order valence-corrected chi connectivity index (χ0v) is 19.3. The van der Waals surface area contributed by atoms with Crippen molar-refractivity contribution in [1.82, 2.24) is 13.9 Å². The van der Waals surface area contributed by atoms with E-state index in [2.05, 4.69) is 0 Å². The highest BCUT2D eigenvalue weighted by molar-refractivity contribution is 7.89. The fourth-order valence-corrected chi connectivity index (χ4v) is 5.60. The predicted molar refractivity (Wildman–Crippen MR) is 125 cm³/mol. The molecule has 31 heavy (non-hydrogen) atoms. The van der Waals surface area contributed by atoms with E-state index < -0.39 is 16.1 Å². The Morgan fingerprint density at radius 1 is 0.968 bits per heavy atom. The molecule has 0 aliphatic rings. The standard InChI is InChI=1S/C24H31N3O3S/c1-4-7-18-27(31(29,30)19-13-9-8-10-14-19)22(6-3)23-25-21-16-12-11-15-20(21)24(28)26(23)17-5-2/h8-16,22H,4-7,17-18H2,1-3H3. The minimum Gasteiger partial charge on any atom is -0.295 e. The molecule has 0 spiro atoms. The SMILES string of the molecule is CCCCN(C(CC)c1nc2ccccc2c(=O)n1CCC)S(=O)(=O)c1ccccc1. The first kappa shape index (κ1) is 23.2. The molecule has 1 heterocycles. The van der Waals surface area contributed by atoms with Crippen LogP contribution in [0, 0.1) is 0 Å². The van der Waals surface area contributed by atoms with Gasteiger partial charge >= 0.3 is 0 Å². The van der Waals surface area contributed by atoms with E-state index in [4.69, 9.17) is 4.98 Å². The lowest BCUT2D eigenvalue weighted by Crippen LogP contribution is -2.39. The van der Waals surface area contributed by atoms with Crippen LogP contribution in [0.2, 0.25) is 0 Å². The number of benzene rings is 2. The minimum absolute atomic E-state index is 0.117. The van der Waals surface area contributed by atoms with Crippen molar-refractivity contribution in [3.8, 4) is 0 Å². The first-order chi connectivity index (χ1) is 15.0. The third kappa shape index (κ3) is 4.72. The van der Waals surface area contributed by atoms with Crippen molar-refractivity contribution in [2.24, 2.45) is 0 Å². The van der Waals surface area contributed by atoms with Gasteiger partial charge in [-0.2, -0.15) is 4.31 Å². The Balaban J connectivity index is 2.22. The van der Waals surface area contributed by atoms with Crippen molar-refractivity contribution < 1.29 is 8.42 Å². The van der Waals surface area contributed by atoms with Crippen molar-refractivity contribution in [2.75, 3.05) is 6.54 Å². The van der Waals surface area contributed by atoms with Gasteiger partial charge in [0.25, 0.3) is 5.56 Å². The molecule has 7 heteroatoms. The average molecular weight is 442 g/mol. The predicted octanol–water partition coefficient (Wildman–Crippen LogP) is 4.75. The molecule has 1 atom stereocenters. The first-order valence-corrected chi connectivity index (χ1v) is 12.5. The Morgan fingerprint density at radius 2 is 1.65 bits per heavy atom. The fourth-order valence-electron chi connectivity index (χ4n) is 3.88. The normalized spacial score (nSPS) is 13.0. The number of hydrogen-bond acceptors (Lipinski definition) is 4. The third-order valence-corrected chi connectivity index (χ3v) is 7.37. The summed E-state index contributed by atoms with van der Waals surface area (Å²) in [7, 11) is -3.75. The number of unbranched alkanes of at least 4 members (excludes halogenated alkanes) is 1. The number of sulfonamides is 1. The van der Waals surface area contributed by atoms with Crippen LogP contribution in [0.5, 0.6) is 0 Å². The van der Waals surface area contributed by atoms with Gasteiger partial charge in [-0.25, -0.2) is 13.4 Å². The number of fused-ring (bicyclic) bond motifs is 1. The Kier molecular flexibility index (Phi) is 7.62. The van der Waals surface area contributed by atoms with Gasteiger partial charge < -0.3 is 0 Å². The molecule has 0 aliphatic carbocycles. The van der Waals surface area contributed by atoms with Crippen LogP contribution in [0.4, 0.5) is 0 Å². The van der Waals surface area contributed by atoms with E-state index in [1.807, 2.05) is 39.0 Å². The highest BCUT2D eigenvalue weighted by Crippen LogP contribution is 2.30. The lowest BCUT2D eigenvalue weighted by molar-refractivity contribution is 0.290. The molecule has 0 fully saturated rings. The van der Waals surface area contributed by atoms with E-state index >= 15 is 0 Å². The van der Waals surface area contributed by atoms with E-state index in [9.17, 15) is 13.2 Å². The Hall–Kier alpha value is -2.51. The second kappa shape index (κ2) is 10.2. The van der Waals surface area contributed by atoms with Crippen LogP contribution in [0.3, 0.4) is 0 Å². The van der Waals surface area contributed by atoms with Gasteiger partial charge in [-0.3, -0.25) is 9.36 Å². The van der Waals surface area contributed by atoms with E-state index in [-0.39, 0.29) is 10.5 Å². The van der Waals surface area contributed by atoms with Gasteiger partial charge in [0, 0.05) is 13.1 Å².